The molecular formula is C24H31N3O3. The molecule has 2 saturated heterocycles. The van der Waals surface area contributed by atoms with E-state index >= 15 is 0 Å². The lowest BCUT2D eigenvalue weighted by Crippen LogP contribution is -2.50. The summed E-state index contributed by atoms with van der Waals surface area (Å²) in [6, 6.07) is 16.4. The smallest absolute Gasteiger partial charge is 0.237 e. The number of rotatable bonds is 6. The highest BCUT2D eigenvalue weighted by Gasteiger charge is 2.31. The summed E-state index contributed by atoms with van der Waals surface area (Å²) in [5.74, 6) is 1.98. The van der Waals surface area contributed by atoms with Crippen molar-refractivity contribution >= 4 is 11.6 Å². The van der Waals surface area contributed by atoms with E-state index in [1.54, 1.807) is 14.2 Å². The Morgan fingerprint density at radius 1 is 0.967 bits per heavy atom. The highest BCUT2D eigenvalue weighted by atomic mass is 16.5. The van der Waals surface area contributed by atoms with Crippen molar-refractivity contribution in [2.45, 2.75) is 18.9 Å². The predicted molar refractivity (Wildman–Crippen MR) is 118 cm³/mol. The van der Waals surface area contributed by atoms with Crippen LogP contribution in [0.2, 0.25) is 0 Å². The van der Waals surface area contributed by atoms with Crippen LogP contribution >= 0.6 is 0 Å². The van der Waals surface area contributed by atoms with Crippen molar-refractivity contribution in [3.05, 3.63) is 54.1 Å². The molecule has 1 atom stereocenters. The lowest BCUT2D eigenvalue weighted by atomic mass is 10.0. The summed E-state index contributed by atoms with van der Waals surface area (Å²) in [5.41, 5.74) is 2.30. The second kappa shape index (κ2) is 9.39. The zero-order valence-corrected chi connectivity index (χ0v) is 17.9. The van der Waals surface area contributed by atoms with E-state index in [9.17, 15) is 4.79 Å². The third kappa shape index (κ3) is 4.38. The molecule has 0 radical (unpaired) electrons. The average molecular weight is 410 g/mol. The maximum absolute atomic E-state index is 13.1. The molecule has 0 bridgehead atoms. The topological polar surface area (TPSA) is 45.2 Å². The lowest BCUT2D eigenvalue weighted by molar-refractivity contribution is -0.133. The number of carbonyl (C=O) groups excluding carboxylic acids is 1. The van der Waals surface area contributed by atoms with E-state index in [0.717, 1.165) is 62.8 Å². The highest BCUT2D eigenvalue weighted by Crippen LogP contribution is 2.34. The van der Waals surface area contributed by atoms with Crippen molar-refractivity contribution < 1.29 is 14.3 Å². The van der Waals surface area contributed by atoms with Crippen molar-refractivity contribution in [1.82, 2.24) is 9.80 Å². The first-order chi connectivity index (χ1) is 14.7. The summed E-state index contributed by atoms with van der Waals surface area (Å²) in [4.78, 5) is 19.8. The number of piperazine rings is 1. The molecule has 160 valence electrons. The maximum Gasteiger partial charge on any atom is 0.237 e. The Hall–Kier alpha value is -2.73. The molecule has 4 rings (SSSR count). The number of benzene rings is 2. The Morgan fingerprint density at radius 3 is 2.53 bits per heavy atom. The average Bonchev–Trinajstić information content (AvgIpc) is 3.30. The predicted octanol–water partition coefficient (Wildman–Crippen LogP) is 3.19. The van der Waals surface area contributed by atoms with Gasteiger partial charge in [-0.05, 0) is 42.7 Å². The van der Waals surface area contributed by atoms with Gasteiger partial charge in [0.2, 0.25) is 5.91 Å². The second-order valence-electron chi connectivity index (χ2n) is 7.96. The molecule has 0 saturated carbocycles. The zero-order valence-electron chi connectivity index (χ0n) is 17.9. The standard InChI is InChI=1S/C24H31N3O3/c1-29-20-8-5-7-19(17-20)21-10-6-12-27(21)24(28)18-25-13-15-26(16-14-25)22-9-3-4-11-23(22)30-2/h3-5,7-9,11,17,21H,6,10,12-16,18H2,1-2H3. The number of anilines is 1. The molecule has 2 aromatic carbocycles. The first-order valence-electron chi connectivity index (χ1n) is 10.7. The molecule has 1 amide bonds. The van der Waals surface area contributed by atoms with Crippen LogP contribution in [0.25, 0.3) is 0 Å². The summed E-state index contributed by atoms with van der Waals surface area (Å²) >= 11 is 0. The minimum atomic E-state index is 0.155. The number of ether oxygens (including phenoxy) is 2. The first-order valence-corrected chi connectivity index (χ1v) is 10.7. The van der Waals surface area contributed by atoms with Crippen LogP contribution in [0, 0.1) is 0 Å². The Balaban J connectivity index is 1.35. The molecule has 1 unspecified atom stereocenters. The SMILES string of the molecule is COc1cccc(C2CCCN2C(=O)CN2CCN(c3ccccc3OC)CC2)c1. The van der Waals surface area contributed by atoms with E-state index < -0.39 is 0 Å². The number of hydrogen-bond acceptors (Lipinski definition) is 5. The van der Waals surface area contributed by atoms with Gasteiger partial charge in [-0.1, -0.05) is 24.3 Å². The number of nitrogens with zero attached hydrogens (tertiary/aromatic N) is 3. The van der Waals surface area contributed by atoms with E-state index in [1.807, 2.05) is 30.3 Å². The van der Waals surface area contributed by atoms with E-state index in [-0.39, 0.29) is 11.9 Å². The maximum atomic E-state index is 13.1. The van der Waals surface area contributed by atoms with Crippen LogP contribution in [0.15, 0.2) is 48.5 Å². The molecule has 0 aliphatic carbocycles. The van der Waals surface area contributed by atoms with Gasteiger partial charge in [0, 0.05) is 32.7 Å². The van der Waals surface area contributed by atoms with Crippen LogP contribution in [-0.2, 0) is 4.79 Å². The van der Waals surface area contributed by atoms with Gasteiger partial charge < -0.3 is 19.3 Å². The minimum absolute atomic E-state index is 0.155. The summed E-state index contributed by atoms with van der Waals surface area (Å²) in [6.45, 7) is 4.87. The molecule has 6 heteroatoms. The normalized spacial score (nSPS) is 19.7. The van der Waals surface area contributed by atoms with Gasteiger partial charge >= 0.3 is 0 Å². The molecule has 0 spiro atoms. The van der Waals surface area contributed by atoms with E-state index in [1.165, 1.54) is 5.56 Å². The number of amides is 1. The molecule has 2 aliphatic rings. The van der Waals surface area contributed by atoms with Gasteiger partial charge in [-0.15, -0.1) is 0 Å². The summed E-state index contributed by atoms with van der Waals surface area (Å²) in [5, 5.41) is 0. The van der Waals surface area contributed by atoms with Crippen LogP contribution in [0.3, 0.4) is 0 Å². The van der Waals surface area contributed by atoms with Crippen LogP contribution in [0.4, 0.5) is 5.69 Å². The van der Waals surface area contributed by atoms with E-state index in [0.29, 0.717) is 6.54 Å². The quantitative estimate of drug-likeness (QED) is 0.733. The van der Waals surface area contributed by atoms with Gasteiger partial charge in [-0.3, -0.25) is 9.69 Å². The molecular weight excluding hydrogens is 378 g/mol. The fraction of sp³-hybridized carbons (Fsp3) is 0.458. The number of carbonyl (C=O) groups is 1. The first kappa shape index (κ1) is 20.5. The molecule has 6 nitrogen and oxygen atoms in total. The zero-order chi connectivity index (χ0) is 20.9. The number of methoxy groups -OCH3 is 2. The Kier molecular flexibility index (Phi) is 6.43. The van der Waals surface area contributed by atoms with Crippen molar-refractivity contribution in [2.24, 2.45) is 0 Å². The Morgan fingerprint density at radius 2 is 1.77 bits per heavy atom. The molecule has 0 N–H and O–H groups in total. The molecule has 2 aromatic rings. The van der Waals surface area contributed by atoms with Gasteiger partial charge in [0.05, 0.1) is 32.5 Å². The van der Waals surface area contributed by atoms with Crippen LogP contribution in [0.5, 0.6) is 11.5 Å². The van der Waals surface area contributed by atoms with Crippen LogP contribution in [0.1, 0.15) is 24.4 Å². The minimum Gasteiger partial charge on any atom is -0.497 e. The van der Waals surface area contributed by atoms with Gasteiger partial charge in [-0.25, -0.2) is 0 Å². The number of para-hydroxylation sites is 2. The van der Waals surface area contributed by atoms with Crippen molar-refractivity contribution in [1.29, 1.82) is 0 Å². The molecule has 2 fully saturated rings. The second-order valence-corrected chi connectivity index (χ2v) is 7.96. The number of hydrogen-bond donors (Lipinski definition) is 0. The third-order valence-electron chi connectivity index (χ3n) is 6.21. The molecule has 0 aromatic heterocycles. The van der Waals surface area contributed by atoms with E-state index in [4.69, 9.17) is 9.47 Å². The monoisotopic (exact) mass is 409 g/mol. The largest absolute Gasteiger partial charge is 0.497 e. The Labute approximate surface area is 179 Å². The lowest BCUT2D eigenvalue weighted by Gasteiger charge is -2.37. The van der Waals surface area contributed by atoms with Crippen molar-refractivity contribution in [2.75, 3.05) is 58.4 Å². The summed E-state index contributed by atoms with van der Waals surface area (Å²) in [7, 11) is 3.39. The van der Waals surface area contributed by atoms with Gasteiger partial charge in [0.1, 0.15) is 11.5 Å². The fourth-order valence-corrected chi connectivity index (χ4v) is 4.58. The molecule has 2 heterocycles. The van der Waals surface area contributed by atoms with E-state index in [2.05, 4.69) is 32.9 Å². The van der Waals surface area contributed by atoms with Gasteiger partial charge in [0.15, 0.2) is 0 Å². The van der Waals surface area contributed by atoms with Crippen LogP contribution < -0.4 is 14.4 Å². The van der Waals surface area contributed by atoms with Crippen LogP contribution in [-0.4, -0.2) is 69.2 Å². The Bertz CT molecular complexity index is 864. The fourth-order valence-electron chi connectivity index (χ4n) is 4.58. The highest BCUT2D eigenvalue weighted by molar-refractivity contribution is 5.79. The van der Waals surface area contributed by atoms with Crippen molar-refractivity contribution in [3.63, 3.8) is 0 Å². The van der Waals surface area contributed by atoms with Crippen molar-refractivity contribution in [3.8, 4) is 11.5 Å². The molecule has 30 heavy (non-hydrogen) atoms. The summed E-state index contributed by atoms with van der Waals surface area (Å²) in [6.07, 6.45) is 2.07. The number of likely N-dealkylation sites (tertiary alicyclic amines) is 1. The third-order valence-corrected chi connectivity index (χ3v) is 6.21. The van der Waals surface area contributed by atoms with Gasteiger partial charge in [0.25, 0.3) is 0 Å². The molecule has 2 aliphatic heterocycles. The summed E-state index contributed by atoms with van der Waals surface area (Å²) < 4.78 is 10.9. The van der Waals surface area contributed by atoms with Gasteiger partial charge in [-0.2, -0.15) is 0 Å².